The zero-order valence-corrected chi connectivity index (χ0v) is 14.8. The highest BCUT2D eigenvalue weighted by Crippen LogP contribution is 2.27. The molecule has 2 aromatic heterocycles. The molecular formula is C17H23N5OS. The van der Waals surface area contributed by atoms with Gasteiger partial charge in [-0.1, -0.05) is 0 Å². The van der Waals surface area contributed by atoms with E-state index in [2.05, 4.69) is 27.1 Å². The zero-order chi connectivity index (χ0) is 16.4. The molecule has 1 aliphatic carbocycles. The summed E-state index contributed by atoms with van der Waals surface area (Å²) in [6.07, 6.45) is 5.65. The first kappa shape index (κ1) is 15.9. The summed E-state index contributed by atoms with van der Waals surface area (Å²) in [4.78, 5) is 17.4. The first-order valence-corrected chi connectivity index (χ1v) is 9.48. The molecule has 0 amide bonds. The van der Waals surface area contributed by atoms with Crippen LogP contribution in [0.5, 0.6) is 0 Å². The summed E-state index contributed by atoms with van der Waals surface area (Å²) in [5, 5.41) is 3.51. The fraction of sp³-hybridized carbons (Fsp3) is 0.588. The monoisotopic (exact) mass is 345 g/mol. The Kier molecular flexibility index (Phi) is 4.73. The van der Waals surface area contributed by atoms with Gasteiger partial charge >= 0.3 is 0 Å². The number of aromatic nitrogens is 3. The van der Waals surface area contributed by atoms with Crippen molar-refractivity contribution in [2.24, 2.45) is 0 Å². The van der Waals surface area contributed by atoms with Crippen molar-refractivity contribution in [1.29, 1.82) is 0 Å². The predicted molar refractivity (Wildman–Crippen MR) is 94.1 cm³/mol. The van der Waals surface area contributed by atoms with Crippen molar-refractivity contribution in [2.75, 3.05) is 25.1 Å². The summed E-state index contributed by atoms with van der Waals surface area (Å²) in [7, 11) is 0. The van der Waals surface area contributed by atoms with E-state index in [1.807, 2.05) is 17.8 Å². The van der Waals surface area contributed by atoms with E-state index < -0.39 is 0 Å². The third-order valence-corrected chi connectivity index (χ3v) is 5.78. The molecule has 2 aliphatic rings. The van der Waals surface area contributed by atoms with E-state index >= 15 is 0 Å². The quantitative estimate of drug-likeness (QED) is 0.899. The highest BCUT2D eigenvalue weighted by molar-refractivity contribution is 7.09. The second-order valence-electron chi connectivity index (χ2n) is 6.49. The van der Waals surface area contributed by atoms with Gasteiger partial charge in [0.1, 0.15) is 11.6 Å². The number of hydrogen-bond donors (Lipinski definition) is 1. The molecule has 1 atom stereocenters. The van der Waals surface area contributed by atoms with Crippen LogP contribution in [0, 0.1) is 6.92 Å². The van der Waals surface area contributed by atoms with E-state index in [0.717, 1.165) is 37.0 Å². The largest absolute Gasteiger partial charge is 0.378 e. The zero-order valence-electron chi connectivity index (χ0n) is 13.9. The Hall–Kier alpha value is -1.57. The normalized spacial score (nSPS) is 22.3. The van der Waals surface area contributed by atoms with Gasteiger partial charge in [-0.05, 0) is 32.3 Å². The van der Waals surface area contributed by atoms with E-state index in [9.17, 15) is 0 Å². The van der Waals surface area contributed by atoms with E-state index in [4.69, 9.17) is 9.72 Å². The van der Waals surface area contributed by atoms with Gasteiger partial charge in [0.15, 0.2) is 0 Å². The Balaban J connectivity index is 1.51. The highest BCUT2D eigenvalue weighted by Gasteiger charge is 2.28. The Labute approximate surface area is 146 Å². The molecule has 7 heteroatoms. The fourth-order valence-corrected chi connectivity index (χ4v) is 3.91. The number of morpholine rings is 1. The van der Waals surface area contributed by atoms with E-state index in [0.29, 0.717) is 12.6 Å². The lowest BCUT2D eigenvalue weighted by atomic mass is 9.93. The molecule has 0 aromatic carbocycles. The van der Waals surface area contributed by atoms with Crippen LogP contribution >= 0.6 is 11.3 Å². The molecule has 2 fully saturated rings. The lowest BCUT2D eigenvalue weighted by Crippen LogP contribution is -2.40. The van der Waals surface area contributed by atoms with Crippen molar-refractivity contribution in [3.8, 4) is 0 Å². The minimum atomic E-state index is 0.100. The molecule has 1 saturated carbocycles. The number of nitrogens with zero attached hydrogens (tertiary/aromatic N) is 4. The van der Waals surface area contributed by atoms with Crippen LogP contribution in [-0.2, 0) is 11.3 Å². The lowest BCUT2D eigenvalue weighted by Gasteiger charge is -2.34. The molecule has 1 N–H and O–H groups in total. The van der Waals surface area contributed by atoms with Crippen LogP contribution in [0.25, 0.3) is 0 Å². The first-order chi connectivity index (χ1) is 11.8. The molecule has 2 aromatic rings. The fourth-order valence-electron chi connectivity index (χ4n) is 3.10. The number of anilines is 1. The van der Waals surface area contributed by atoms with Gasteiger partial charge in [0.2, 0.25) is 0 Å². The van der Waals surface area contributed by atoms with E-state index in [1.165, 1.54) is 24.1 Å². The minimum Gasteiger partial charge on any atom is -0.378 e. The van der Waals surface area contributed by atoms with Crippen LogP contribution in [0.1, 0.15) is 41.7 Å². The maximum Gasteiger partial charge on any atom is 0.150 e. The van der Waals surface area contributed by atoms with Crippen LogP contribution in [0.15, 0.2) is 17.8 Å². The summed E-state index contributed by atoms with van der Waals surface area (Å²) >= 11 is 1.72. The van der Waals surface area contributed by atoms with Gasteiger partial charge in [0.25, 0.3) is 0 Å². The van der Waals surface area contributed by atoms with E-state index in [1.54, 1.807) is 11.3 Å². The van der Waals surface area contributed by atoms with Crippen LogP contribution in [0.4, 0.5) is 5.82 Å². The molecule has 0 radical (unpaired) electrons. The van der Waals surface area contributed by atoms with Crippen molar-refractivity contribution in [3.05, 3.63) is 34.2 Å². The molecule has 3 heterocycles. The molecule has 1 aliphatic heterocycles. The summed E-state index contributed by atoms with van der Waals surface area (Å²) in [6, 6.07) is 2.64. The Morgan fingerprint density at radius 2 is 2.29 bits per heavy atom. The molecule has 0 unspecified atom stereocenters. The van der Waals surface area contributed by atoms with Gasteiger partial charge < -0.3 is 10.1 Å². The molecule has 4 rings (SSSR count). The third kappa shape index (κ3) is 3.43. The molecule has 1 saturated heterocycles. The smallest absolute Gasteiger partial charge is 0.150 e. The van der Waals surface area contributed by atoms with Gasteiger partial charge in [-0.25, -0.2) is 15.0 Å². The molecule has 0 spiro atoms. The number of thiazole rings is 1. The van der Waals surface area contributed by atoms with E-state index in [-0.39, 0.29) is 6.04 Å². The second-order valence-corrected chi connectivity index (χ2v) is 7.43. The van der Waals surface area contributed by atoms with Gasteiger partial charge in [-0.15, -0.1) is 11.3 Å². The molecular weight excluding hydrogens is 322 g/mol. The Bertz CT molecular complexity index is 687. The van der Waals surface area contributed by atoms with Crippen molar-refractivity contribution < 1.29 is 4.74 Å². The topological polar surface area (TPSA) is 63.2 Å². The number of nitrogens with one attached hydrogen (secondary N) is 1. The Morgan fingerprint density at radius 1 is 1.38 bits per heavy atom. The number of rotatable bonds is 5. The van der Waals surface area contributed by atoms with Gasteiger partial charge in [0, 0.05) is 30.2 Å². The van der Waals surface area contributed by atoms with Gasteiger partial charge in [-0.2, -0.15) is 0 Å². The van der Waals surface area contributed by atoms with Gasteiger partial charge in [0.05, 0.1) is 30.5 Å². The standard InChI is InChI=1S/C17H23N5OS/c1-12-15(24-11-19-12)9-22-7-8-23-10-14(22)17-18-6-5-16(21-17)20-13-3-2-4-13/h5-6,11,13-14H,2-4,7-10H2,1H3,(H,18,20,21)/t14-/m1/s1. The maximum atomic E-state index is 5.72. The molecule has 6 nitrogen and oxygen atoms in total. The number of aryl methyl sites for hydroxylation is 1. The van der Waals surface area contributed by atoms with Crippen molar-refractivity contribution in [3.63, 3.8) is 0 Å². The van der Waals surface area contributed by atoms with Crippen LogP contribution in [0.3, 0.4) is 0 Å². The molecule has 0 bridgehead atoms. The van der Waals surface area contributed by atoms with Crippen LogP contribution in [0.2, 0.25) is 0 Å². The van der Waals surface area contributed by atoms with Crippen molar-refractivity contribution >= 4 is 17.2 Å². The highest BCUT2D eigenvalue weighted by atomic mass is 32.1. The molecule has 24 heavy (non-hydrogen) atoms. The average molecular weight is 345 g/mol. The first-order valence-electron chi connectivity index (χ1n) is 8.60. The summed E-state index contributed by atoms with van der Waals surface area (Å²) in [5.41, 5.74) is 3.03. The number of ether oxygens (including phenoxy) is 1. The summed E-state index contributed by atoms with van der Waals surface area (Å²) in [5.74, 6) is 1.78. The maximum absolute atomic E-state index is 5.72. The van der Waals surface area contributed by atoms with Crippen molar-refractivity contribution in [2.45, 2.75) is 44.8 Å². The average Bonchev–Trinajstić information content (AvgIpc) is 2.97. The van der Waals surface area contributed by atoms with Crippen LogP contribution < -0.4 is 5.32 Å². The Morgan fingerprint density at radius 3 is 3.04 bits per heavy atom. The minimum absolute atomic E-state index is 0.100. The summed E-state index contributed by atoms with van der Waals surface area (Å²) < 4.78 is 5.72. The predicted octanol–water partition coefficient (Wildman–Crippen LogP) is 2.78. The number of hydrogen-bond acceptors (Lipinski definition) is 7. The van der Waals surface area contributed by atoms with Gasteiger partial charge in [-0.3, -0.25) is 4.90 Å². The molecule has 128 valence electrons. The lowest BCUT2D eigenvalue weighted by molar-refractivity contribution is -0.0155. The SMILES string of the molecule is Cc1ncsc1CN1CCOC[C@@H]1c1nccc(NC2CCC2)n1. The van der Waals surface area contributed by atoms with Crippen LogP contribution in [-0.4, -0.2) is 45.7 Å². The van der Waals surface area contributed by atoms with Crippen molar-refractivity contribution in [1.82, 2.24) is 19.9 Å². The second kappa shape index (κ2) is 7.13. The third-order valence-electron chi connectivity index (χ3n) is 4.86. The summed E-state index contributed by atoms with van der Waals surface area (Å²) in [6.45, 7) is 5.25.